The quantitative estimate of drug-likeness (QED) is 0.584. The van der Waals surface area contributed by atoms with Crippen LogP contribution in [-0.4, -0.2) is 11.6 Å². The third kappa shape index (κ3) is 3.26. The smallest absolute Gasteiger partial charge is 0.171 e. The molecule has 4 heteroatoms. The molecule has 4 nitrogen and oxygen atoms in total. The number of nitriles is 2. The maximum Gasteiger partial charge on any atom is 0.171 e. The molecule has 1 aromatic rings. The topological polar surface area (TPSA) is 81.7 Å². The van der Waals surface area contributed by atoms with Crippen LogP contribution in [0.25, 0.3) is 0 Å². The molecular formula is C14H12N2O2. The third-order valence-corrected chi connectivity index (χ3v) is 2.46. The van der Waals surface area contributed by atoms with E-state index in [0.717, 1.165) is 0 Å². The Balaban J connectivity index is 3.01. The van der Waals surface area contributed by atoms with Crippen LogP contribution in [0.4, 0.5) is 0 Å². The van der Waals surface area contributed by atoms with Crippen molar-refractivity contribution in [2.75, 3.05) is 0 Å². The highest BCUT2D eigenvalue weighted by molar-refractivity contribution is 6.09. The molecule has 1 rings (SSSR count). The molecule has 0 aliphatic carbocycles. The van der Waals surface area contributed by atoms with Gasteiger partial charge in [-0.2, -0.15) is 10.5 Å². The number of rotatable bonds is 5. The fourth-order valence-electron chi connectivity index (χ4n) is 1.58. The normalized spacial score (nSPS) is 9.28. The maximum absolute atomic E-state index is 11.9. The lowest BCUT2D eigenvalue weighted by molar-refractivity contribution is -0.118. The first-order chi connectivity index (χ1) is 8.62. The van der Waals surface area contributed by atoms with E-state index in [-0.39, 0.29) is 23.3 Å². The second kappa shape index (κ2) is 6.32. The van der Waals surface area contributed by atoms with Crippen LogP contribution in [0.1, 0.15) is 47.7 Å². The van der Waals surface area contributed by atoms with Crippen LogP contribution < -0.4 is 0 Å². The third-order valence-electron chi connectivity index (χ3n) is 2.46. The summed E-state index contributed by atoms with van der Waals surface area (Å²) in [4.78, 5) is 23.3. The van der Waals surface area contributed by atoms with E-state index < -0.39 is 5.78 Å². The Morgan fingerprint density at radius 1 is 1.22 bits per heavy atom. The lowest BCUT2D eigenvalue weighted by Crippen LogP contribution is -2.09. The average Bonchev–Trinajstić information content (AvgIpc) is 2.38. The zero-order valence-electron chi connectivity index (χ0n) is 10.1. The Morgan fingerprint density at radius 3 is 2.50 bits per heavy atom. The predicted molar refractivity (Wildman–Crippen MR) is 64.7 cm³/mol. The largest absolute Gasteiger partial charge is 0.299 e. The molecule has 0 saturated heterocycles. The van der Waals surface area contributed by atoms with Gasteiger partial charge in [-0.15, -0.1) is 0 Å². The van der Waals surface area contributed by atoms with Crippen molar-refractivity contribution >= 4 is 11.6 Å². The zero-order chi connectivity index (χ0) is 13.5. The van der Waals surface area contributed by atoms with Crippen molar-refractivity contribution in [3.05, 3.63) is 34.9 Å². The molecular weight excluding hydrogens is 228 g/mol. The number of Topliss-reactive ketones (excluding diaryl/α,β-unsaturated/α-hetero) is 2. The van der Waals surface area contributed by atoms with Crippen molar-refractivity contribution in [1.29, 1.82) is 10.5 Å². The van der Waals surface area contributed by atoms with Crippen LogP contribution in [0.15, 0.2) is 18.2 Å². The Labute approximate surface area is 105 Å². The van der Waals surface area contributed by atoms with Gasteiger partial charge in [-0.25, -0.2) is 0 Å². The Morgan fingerprint density at radius 2 is 1.94 bits per heavy atom. The summed E-state index contributed by atoms with van der Waals surface area (Å²) in [7, 11) is 0. The summed E-state index contributed by atoms with van der Waals surface area (Å²) in [6, 6.07) is 8.06. The summed E-state index contributed by atoms with van der Waals surface area (Å²) >= 11 is 0. The molecule has 0 aliphatic heterocycles. The summed E-state index contributed by atoms with van der Waals surface area (Å²) in [5, 5.41) is 17.7. The van der Waals surface area contributed by atoms with Crippen LogP contribution in [0.3, 0.4) is 0 Å². The minimum Gasteiger partial charge on any atom is -0.299 e. The van der Waals surface area contributed by atoms with Gasteiger partial charge < -0.3 is 0 Å². The lowest BCUT2D eigenvalue weighted by atomic mass is 9.98. The lowest BCUT2D eigenvalue weighted by Gasteiger charge is -2.03. The van der Waals surface area contributed by atoms with E-state index in [2.05, 4.69) is 0 Å². The molecule has 0 aromatic heterocycles. The van der Waals surface area contributed by atoms with Gasteiger partial charge in [-0.3, -0.25) is 9.59 Å². The standard InChI is InChI=1S/C14H12N2O2/c1-2-3-12(17)7-14(18)13-6-10(8-15)4-5-11(13)9-16/h4-6H,2-3,7H2,1H3. The number of carbonyl (C=O) groups is 2. The van der Waals surface area contributed by atoms with Crippen molar-refractivity contribution in [2.45, 2.75) is 26.2 Å². The summed E-state index contributed by atoms with van der Waals surface area (Å²) in [6.45, 7) is 1.86. The van der Waals surface area contributed by atoms with E-state index in [1.54, 1.807) is 0 Å². The van der Waals surface area contributed by atoms with Gasteiger partial charge in [0.05, 0.1) is 29.7 Å². The summed E-state index contributed by atoms with van der Waals surface area (Å²) < 4.78 is 0. The molecule has 0 saturated carbocycles. The molecule has 0 aliphatic rings. The van der Waals surface area contributed by atoms with Gasteiger partial charge in [0, 0.05) is 12.0 Å². The van der Waals surface area contributed by atoms with Crippen molar-refractivity contribution in [3.63, 3.8) is 0 Å². The Hall–Kier alpha value is -2.46. The first kappa shape index (κ1) is 13.6. The molecule has 0 unspecified atom stereocenters. The number of hydrogen-bond acceptors (Lipinski definition) is 4. The van der Waals surface area contributed by atoms with Crippen molar-refractivity contribution in [3.8, 4) is 12.1 Å². The second-order valence-electron chi connectivity index (χ2n) is 3.87. The molecule has 0 spiro atoms. The van der Waals surface area contributed by atoms with Gasteiger partial charge in [0.2, 0.25) is 0 Å². The number of hydrogen-bond donors (Lipinski definition) is 0. The molecule has 0 bridgehead atoms. The molecule has 1 aromatic carbocycles. The summed E-state index contributed by atoms with van der Waals surface area (Å²) in [5.41, 5.74) is 0.657. The molecule has 0 fully saturated rings. The van der Waals surface area contributed by atoms with E-state index in [0.29, 0.717) is 18.4 Å². The molecule has 0 N–H and O–H groups in total. The first-order valence-corrected chi connectivity index (χ1v) is 5.61. The van der Waals surface area contributed by atoms with E-state index >= 15 is 0 Å². The summed E-state index contributed by atoms with van der Waals surface area (Å²) in [5.74, 6) is -0.546. The highest BCUT2D eigenvalue weighted by Gasteiger charge is 2.15. The Kier molecular flexibility index (Phi) is 4.78. The van der Waals surface area contributed by atoms with Crippen LogP contribution in [0.2, 0.25) is 0 Å². The van der Waals surface area contributed by atoms with Crippen LogP contribution in [-0.2, 0) is 4.79 Å². The second-order valence-corrected chi connectivity index (χ2v) is 3.87. The molecule has 90 valence electrons. The van der Waals surface area contributed by atoms with Gasteiger partial charge in [-0.1, -0.05) is 6.92 Å². The van der Waals surface area contributed by atoms with Gasteiger partial charge in [-0.05, 0) is 24.6 Å². The van der Waals surface area contributed by atoms with E-state index in [1.807, 2.05) is 19.1 Å². The minimum atomic E-state index is -0.401. The number of nitrogens with zero attached hydrogens (tertiary/aromatic N) is 2. The zero-order valence-corrected chi connectivity index (χ0v) is 10.1. The first-order valence-electron chi connectivity index (χ1n) is 5.61. The van der Waals surface area contributed by atoms with Gasteiger partial charge in [0.15, 0.2) is 5.78 Å². The van der Waals surface area contributed by atoms with Crippen molar-refractivity contribution in [1.82, 2.24) is 0 Å². The highest BCUT2D eigenvalue weighted by atomic mass is 16.1. The van der Waals surface area contributed by atoms with Gasteiger partial charge >= 0.3 is 0 Å². The fraction of sp³-hybridized carbons (Fsp3) is 0.286. The van der Waals surface area contributed by atoms with Crippen molar-refractivity contribution < 1.29 is 9.59 Å². The van der Waals surface area contributed by atoms with Crippen LogP contribution >= 0.6 is 0 Å². The average molecular weight is 240 g/mol. The molecule has 18 heavy (non-hydrogen) atoms. The monoisotopic (exact) mass is 240 g/mol. The Bertz CT molecular complexity index is 562. The van der Waals surface area contributed by atoms with Crippen LogP contribution in [0, 0.1) is 22.7 Å². The fourth-order valence-corrected chi connectivity index (χ4v) is 1.58. The summed E-state index contributed by atoms with van der Waals surface area (Å²) in [6.07, 6.45) is 0.832. The number of ketones is 2. The van der Waals surface area contributed by atoms with E-state index in [9.17, 15) is 9.59 Å². The highest BCUT2D eigenvalue weighted by Crippen LogP contribution is 2.14. The van der Waals surface area contributed by atoms with Crippen molar-refractivity contribution in [2.24, 2.45) is 0 Å². The minimum absolute atomic E-state index is 0.145. The van der Waals surface area contributed by atoms with E-state index in [1.165, 1.54) is 18.2 Å². The number of benzene rings is 1. The number of carbonyl (C=O) groups excluding carboxylic acids is 2. The van der Waals surface area contributed by atoms with E-state index in [4.69, 9.17) is 10.5 Å². The van der Waals surface area contributed by atoms with Gasteiger partial charge in [0.25, 0.3) is 0 Å². The SMILES string of the molecule is CCCC(=O)CC(=O)c1cc(C#N)ccc1C#N. The maximum atomic E-state index is 11.9. The predicted octanol–water partition coefficient (Wildman–Crippen LogP) is 2.37. The molecule has 0 amide bonds. The molecule has 0 heterocycles. The molecule has 0 atom stereocenters. The molecule has 0 radical (unpaired) electrons. The van der Waals surface area contributed by atoms with Crippen LogP contribution in [0.5, 0.6) is 0 Å². The van der Waals surface area contributed by atoms with Gasteiger partial charge in [0.1, 0.15) is 5.78 Å².